The van der Waals surface area contributed by atoms with Gasteiger partial charge in [-0.15, -0.1) is 0 Å². The first kappa shape index (κ1) is 14.5. The van der Waals surface area contributed by atoms with Gasteiger partial charge in [0.15, 0.2) is 6.10 Å². The van der Waals surface area contributed by atoms with Crippen LogP contribution in [0.15, 0.2) is 48.5 Å². The first-order valence-corrected chi connectivity index (χ1v) is 6.32. The predicted octanol–water partition coefficient (Wildman–Crippen LogP) is 3.10. The van der Waals surface area contributed by atoms with Crippen LogP contribution < -0.4 is 10.1 Å². The highest BCUT2D eigenvalue weighted by atomic mass is 19.1. The van der Waals surface area contributed by atoms with E-state index < -0.39 is 6.10 Å². The number of hydrogen-bond acceptors (Lipinski definition) is 3. The summed E-state index contributed by atoms with van der Waals surface area (Å²) in [6, 6.07) is 14.0. The SMILES string of the molecule is C[C@H](Oc1ccc(C#N)cc1)C(=O)Nc1ccc(F)cc1. The lowest BCUT2D eigenvalue weighted by Crippen LogP contribution is -2.30. The summed E-state index contributed by atoms with van der Waals surface area (Å²) in [5.74, 6) is -0.211. The van der Waals surface area contributed by atoms with E-state index >= 15 is 0 Å². The normalized spacial score (nSPS) is 11.3. The molecular weight excluding hydrogens is 271 g/mol. The van der Waals surface area contributed by atoms with Crippen molar-refractivity contribution in [3.8, 4) is 11.8 Å². The van der Waals surface area contributed by atoms with Gasteiger partial charge >= 0.3 is 0 Å². The minimum atomic E-state index is -0.719. The second kappa shape index (κ2) is 6.53. The van der Waals surface area contributed by atoms with Crippen LogP contribution in [0.2, 0.25) is 0 Å². The quantitative estimate of drug-likeness (QED) is 0.938. The lowest BCUT2D eigenvalue weighted by Gasteiger charge is -2.14. The highest BCUT2D eigenvalue weighted by Gasteiger charge is 2.14. The molecule has 0 aliphatic carbocycles. The van der Waals surface area contributed by atoms with Crippen LogP contribution in [-0.4, -0.2) is 12.0 Å². The Morgan fingerprint density at radius 3 is 2.38 bits per heavy atom. The minimum Gasteiger partial charge on any atom is -0.481 e. The molecule has 0 saturated heterocycles. The summed E-state index contributed by atoms with van der Waals surface area (Å²) >= 11 is 0. The minimum absolute atomic E-state index is 0.342. The second-order valence-electron chi connectivity index (χ2n) is 4.39. The van der Waals surface area contributed by atoms with Gasteiger partial charge in [0.2, 0.25) is 0 Å². The highest BCUT2D eigenvalue weighted by Crippen LogP contribution is 2.15. The van der Waals surface area contributed by atoms with Crippen molar-refractivity contribution in [3.63, 3.8) is 0 Å². The van der Waals surface area contributed by atoms with Crippen LogP contribution >= 0.6 is 0 Å². The van der Waals surface area contributed by atoms with E-state index in [9.17, 15) is 9.18 Å². The van der Waals surface area contributed by atoms with Crippen molar-refractivity contribution < 1.29 is 13.9 Å². The number of hydrogen-bond donors (Lipinski definition) is 1. The molecule has 1 N–H and O–H groups in total. The average Bonchev–Trinajstić information content (AvgIpc) is 2.50. The Balaban J connectivity index is 1.95. The maximum atomic E-state index is 12.8. The molecule has 0 bridgehead atoms. The number of nitrogens with zero attached hydrogens (tertiary/aromatic N) is 1. The molecule has 2 rings (SSSR count). The van der Waals surface area contributed by atoms with Crippen molar-refractivity contribution >= 4 is 11.6 Å². The number of rotatable bonds is 4. The first-order valence-electron chi connectivity index (χ1n) is 6.32. The fraction of sp³-hybridized carbons (Fsp3) is 0.125. The largest absolute Gasteiger partial charge is 0.481 e. The third kappa shape index (κ3) is 4.05. The Kier molecular flexibility index (Phi) is 4.52. The molecule has 0 fully saturated rings. The van der Waals surface area contributed by atoms with Gasteiger partial charge in [0.05, 0.1) is 11.6 Å². The summed E-state index contributed by atoms with van der Waals surface area (Å²) < 4.78 is 18.2. The van der Waals surface area contributed by atoms with Crippen LogP contribution in [0.3, 0.4) is 0 Å². The van der Waals surface area contributed by atoms with E-state index in [2.05, 4.69) is 5.32 Å². The van der Waals surface area contributed by atoms with Gasteiger partial charge in [0.1, 0.15) is 11.6 Å². The topological polar surface area (TPSA) is 62.1 Å². The lowest BCUT2D eigenvalue weighted by atomic mass is 10.2. The van der Waals surface area contributed by atoms with E-state index in [-0.39, 0.29) is 11.7 Å². The van der Waals surface area contributed by atoms with Crippen molar-refractivity contribution in [1.82, 2.24) is 0 Å². The van der Waals surface area contributed by atoms with E-state index in [1.807, 2.05) is 6.07 Å². The fourth-order valence-corrected chi connectivity index (χ4v) is 1.64. The molecular formula is C16H13FN2O2. The number of halogens is 1. The summed E-state index contributed by atoms with van der Waals surface area (Å²) in [5.41, 5.74) is 1.02. The number of anilines is 1. The molecule has 4 nitrogen and oxygen atoms in total. The highest BCUT2D eigenvalue weighted by molar-refractivity contribution is 5.94. The summed E-state index contributed by atoms with van der Waals surface area (Å²) in [6.45, 7) is 1.61. The van der Waals surface area contributed by atoms with Gasteiger partial charge in [-0.2, -0.15) is 5.26 Å². The summed E-state index contributed by atoms with van der Waals surface area (Å²) in [7, 11) is 0. The standard InChI is InChI=1S/C16H13FN2O2/c1-11(21-15-8-2-12(10-18)3-9-15)16(20)19-14-6-4-13(17)5-7-14/h2-9,11H,1H3,(H,19,20)/t11-/m0/s1. The Morgan fingerprint density at radius 2 is 1.81 bits per heavy atom. The number of amides is 1. The van der Waals surface area contributed by atoms with E-state index in [0.717, 1.165) is 0 Å². The summed E-state index contributed by atoms with van der Waals surface area (Å²) in [4.78, 5) is 11.9. The third-order valence-corrected chi connectivity index (χ3v) is 2.78. The Bertz CT molecular complexity index is 660. The molecule has 1 amide bonds. The molecule has 0 aliphatic heterocycles. The number of carbonyl (C=O) groups excluding carboxylic acids is 1. The van der Waals surface area contributed by atoms with Crippen molar-refractivity contribution in [1.29, 1.82) is 5.26 Å². The van der Waals surface area contributed by atoms with E-state index in [1.54, 1.807) is 31.2 Å². The van der Waals surface area contributed by atoms with Gasteiger partial charge in [-0.05, 0) is 55.5 Å². The first-order chi connectivity index (χ1) is 10.1. The Morgan fingerprint density at radius 1 is 1.19 bits per heavy atom. The van der Waals surface area contributed by atoms with Crippen LogP contribution in [0, 0.1) is 17.1 Å². The number of carbonyl (C=O) groups is 1. The molecule has 0 unspecified atom stereocenters. The monoisotopic (exact) mass is 284 g/mol. The van der Waals surface area contributed by atoms with E-state index in [4.69, 9.17) is 10.00 Å². The Hall–Kier alpha value is -2.87. The lowest BCUT2D eigenvalue weighted by molar-refractivity contribution is -0.122. The van der Waals surface area contributed by atoms with Crippen LogP contribution in [0.4, 0.5) is 10.1 Å². The molecule has 0 aromatic heterocycles. The van der Waals surface area contributed by atoms with E-state index in [1.165, 1.54) is 24.3 Å². The van der Waals surface area contributed by atoms with Gasteiger partial charge < -0.3 is 10.1 Å². The van der Waals surface area contributed by atoms with Crippen LogP contribution in [0.5, 0.6) is 5.75 Å². The van der Waals surface area contributed by atoms with Gasteiger partial charge in [-0.25, -0.2) is 4.39 Å². The molecule has 5 heteroatoms. The molecule has 0 spiro atoms. The fourth-order valence-electron chi connectivity index (χ4n) is 1.64. The molecule has 0 radical (unpaired) electrons. The zero-order valence-corrected chi connectivity index (χ0v) is 11.3. The maximum absolute atomic E-state index is 12.8. The molecule has 0 aliphatic rings. The molecule has 21 heavy (non-hydrogen) atoms. The van der Waals surface area contributed by atoms with Gasteiger partial charge in [0.25, 0.3) is 5.91 Å². The second-order valence-corrected chi connectivity index (χ2v) is 4.39. The molecule has 1 atom stereocenters. The van der Waals surface area contributed by atoms with Crippen LogP contribution in [-0.2, 0) is 4.79 Å². The predicted molar refractivity (Wildman–Crippen MR) is 76.3 cm³/mol. The smallest absolute Gasteiger partial charge is 0.265 e. The van der Waals surface area contributed by atoms with Gasteiger partial charge in [0, 0.05) is 5.69 Å². The summed E-state index contributed by atoms with van der Waals surface area (Å²) in [6.07, 6.45) is -0.719. The van der Waals surface area contributed by atoms with Gasteiger partial charge in [-0.3, -0.25) is 4.79 Å². The van der Waals surface area contributed by atoms with Crippen molar-refractivity contribution in [3.05, 3.63) is 59.9 Å². The number of nitrogens with one attached hydrogen (secondary N) is 1. The molecule has 2 aromatic carbocycles. The zero-order chi connectivity index (χ0) is 15.2. The number of nitriles is 1. The maximum Gasteiger partial charge on any atom is 0.265 e. The number of ether oxygens (including phenoxy) is 1. The van der Waals surface area contributed by atoms with Crippen LogP contribution in [0.25, 0.3) is 0 Å². The molecule has 2 aromatic rings. The molecule has 0 saturated carbocycles. The third-order valence-electron chi connectivity index (χ3n) is 2.78. The van der Waals surface area contributed by atoms with Crippen LogP contribution in [0.1, 0.15) is 12.5 Å². The van der Waals surface area contributed by atoms with Crippen molar-refractivity contribution in [2.75, 3.05) is 5.32 Å². The van der Waals surface area contributed by atoms with Crippen molar-refractivity contribution in [2.24, 2.45) is 0 Å². The number of benzene rings is 2. The molecule has 106 valence electrons. The summed E-state index contributed by atoms with van der Waals surface area (Å²) in [5, 5.41) is 11.3. The Labute approximate surface area is 121 Å². The zero-order valence-electron chi connectivity index (χ0n) is 11.3. The van der Waals surface area contributed by atoms with Crippen molar-refractivity contribution in [2.45, 2.75) is 13.0 Å². The average molecular weight is 284 g/mol. The van der Waals surface area contributed by atoms with E-state index in [0.29, 0.717) is 17.0 Å². The van der Waals surface area contributed by atoms with Gasteiger partial charge in [-0.1, -0.05) is 0 Å². The molecule has 0 heterocycles.